The highest BCUT2D eigenvalue weighted by atomic mass is 16.6. The van der Waals surface area contributed by atoms with Crippen molar-refractivity contribution in [2.45, 2.75) is 70.3 Å². The highest BCUT2D eigenvalue weighted by Crippen LogP contribution is 2.31. The molecule has 1 aliphatic rings. The number of carbonyl (C=O) groups excluding carboxylic acids is 1. The van der Waals surface area contributed by atoms with Crippen molar-refractivity contribution < 1.29 is 19.4 Å². The van der Waals surface area contributed by atoms with Gasteiger partial charge in [0.1, 0.15) is 24.6 Å². The molecular formula is C18H27N5O4. The molecule has 0 aromatic carbocycles. The SMILES string of the molecule is CCCCCCCC(=O)OC[C@@H]1C[C@@H](O)[C@H](n2cnc3c(N)ncnc32)O1. The smallest absolute Gasteiger partial charge is 0.305 e. The number of aliphatic hydroxyl groups excluding tert-OH is 1. The Morgan fingerprint density at radius 3 is 2.96 bits per heavy atom. The van der Waals surface area contributed by atoms with Crippen molar-refractivity contribution in [2.24, 2.45) is 0 Å². The number of nitrogens with zero attached hydrogens (tertiary/aromatic N) is 4. The number of hydrogen-bond donors (Lipinski definition) is 2. The summed E-state index contributed by atoms with van der Waals surface area (Å²) in [5.74, 6) is 0.0530. The zero-order valence-electron chi connectivity index (χ0n) is 15.6. The van der Waals surface area contributed by atoms with E-state index in [1.54, 1.807) is 4.57 Å². The standard InChI is InChI=1S/C18H27N5O4/c1-2-3-4-5-6-7-14(25)26-9-12-8-13(24)18(27-12)23-11-22-15-16(19)20-10-21-17(15)23/h10-13,18,24H,2-9H2,1H3,(H2,19,20,21)/t12-,13+,18+/m0/s1. The Balaban J connectivity index is 1.49. The molecule has 0 radical (unpaired) electrons. The number of nitrogen functional groups attached to an aromatic ring is 1. The van der Waals surface area contributed by atoms with Gasteiger partial charge in [-0.2, -0.15) is 0 Å². The van der Waals surface area contributed by atoms with Crippen molar-refractivity contribution >= 4 is 23.0 Å². The number of anilines is 1. The molecule has 9 heteroatoms. The Morgan fingerprint density at radius 2 is 2.15 bits per heavy atom. The third-order valence-electron chi connectivity index (χ3n) is 4.74. The molecule has 0 amide bonds. The third-order valence-corrected chi connectivity index (χ3v) is 4.74. The normalized spacial score (nSPS) is 22.4. The molecule has 3 atom stereocenters. The Bertz CT molecular complexity index is 765. The number of rotatable bonds is 9. The van der Waals surface area contributed by atoms with Gasteiger partial charge in [0.15, 0.2) is 17.7 Å². The number of fused-ring (bicyclic) bond motifs is 1. The number of nitrogens with two attached hydrogens (primary N) is 1. The van der Waals surface area contributed by atoms with Gasteiger partial charge in [-0.25, -0.2) is 15.0 Å². The summed E-state index contributed by atoms with van der Waals surface area (Å²) in [6.07, 6.45) is 7.30. The molecule has 0 aliphatic carbocycles. The number of aliphatic hydroxyl groups is 1. The second kappa shape index (κ2) is 9.09. The van der Waals surface area contributed by atoms with Crippen LogP contribution >= 0.6 is 0 Å². The third kappa shape index (κ3) is 4.72. The molecule has 1 saturated heterocycles. The zero-order valence-corrected chi connectivity index (χ0v) is 15.6. The number of ether oxygens (including phenoxy) is 2. The van der Waals surface area contributed by atoms with Crippen LogP contribution in [0.2, 0.25) is 0 Å². The van der Waals surface area contributed by atoms with Crippen molar-refractivity contribution in [3.8, 4) is 0 Å². The molecule has 0 spiro atoms. The predicted molar refractivity (Wildman–Crippen MR) is 98.6 cm³/mol. The number of aromatic nitrogens is 4. The van der Waals surface area contributed by atoms with Gasteiger partial charge < -0.3 is 20.3 Å². The van der Waals surface area contributed by atoms with Crippen LogP contribution in [0.1, 0.15) is 58.1 Å². The minimum Gasteiger partial charge on any atom is -0.463 e. The summed E-state index contributed by atoms with van der Waals surface area (Å²) in [7, 11) is 0. The molecule has 3 rings (SSSR count). The van der Waals surface area contributed by atoms with Gasteiger partial charge in [-0.15, -0.1) is 0 Å². The van der Waals surface area contributed by atoms with E-state index in [0.717, 1.165) is 19.3 Å². The number of unbranched alkanes of at least 4 members (excludes halogenated alkanes) is 4. The van der Waals surface area contributed by atoms with Gasteiger partial charge in [-0.3, -0.25) is 9.36 Å². The van der Waals surface area contributed by atoms with Gasteiger partial charge in [0, 0.05) is 12.8 Å². The molecule has 0 unspecified atom stereocenters. The van der Waals surface area contributed by atoms with E-state index in [0.29, 0.717) is 24.0 Å². The molecule has 1 fully saturated rings. The Hall–Kier alpha value is -2.26. The molecule has 3 heterocycles. The molecule has 27 heavy (non-hydrogen) atoms. The predicted octanol–water partition coefficient (Wildman–Crippen LogP) is 1.96. The average molecular weight is 377 g/mol. The lowest BCUT2D eigenvalue weighted by atomic mass is 10.1. The van der Waals surface area contributed by atoms with Crippen LogP contribution in [0, 0.1) is 0 Å². The van der Waals surface area contributed by atoms with Crippen LogP contribution in [0.25, 0.3) is 11.2 Å². The van der Waals surface area contributed by atoms with Crippen molar-refractivity contribution in [2.75, 3.05) is 12.3 Å². The zero-order chi connectivity index (χ0) is 19.2. The molecule has 0 bridgehead atoms. The highest BCUT2D eigenvalue weighted by Gasteiger charge is 2.36. The Labute approximate surface area is 157 Å². The first-order valence-electron chi connectivity index (χ1n) is 9.52. The van der Waals surface area contributed by atoms with Crippen LogP contribution in [0.4, 0.5) is 5.82 Å². The fourth-order valence-electron chi connectivity index (χ4n) is 3.27. The number of carbonyl (C=O) groups is 1. The maximum Gasteiger partial charge on any atom is 0.305 e. The molecule has 0 saturated carbocycles. The van der Waals surface area contributed by atoms with Gasteiger partial charge in [0.25, 0.3) is 0 Å². The molecule has 2 aromatic rings. The van der Waals surface area contributed by atoms with E-state index in [4.69, 9.17) is 15.2 Å². The van der Waals surface area contributed by atoms with Gasteiger partial charge in [-0.1, -0.05) is 32.6 Å². The van der Waals surface area contributed by atoms with Gasteiger partial charge in [-0.05, 0) is 6.42 Å². The van der Waals surface area contributed by atoms with Crippen LogP contribution in [0.15, 0.2) is 12.7 Å². The minimum atomic E-state index is -0.753. The van der Waals surface area contributed by atoms with Crippen molar-refractivity contribution in [1.82, 2.24) is 19.5 Å². The summed E-state index contributed by atoms with van der Waals surface area (Å²) in [4.78, 5) is 24.1. The molecule has 9 nitrogen and oxygen atoms in total. The van der Waals surface area contributed by atoms with Crippen LogP contribution < -0.4 is 5.73 Å². The van der Waals surface area contributed by atoms with Crippen molar-refractivity contribution in [3.63, 3.8) is 0 Å². The molecule has 3 N–H and O–H groups in total. The van der Waals surface area contributed by atoms with E-state index in [2.05, 4.69) is 21.9 Å². The number of esters is 1. The topological polar surface area (TPSA) is 125 Å². The molecular weight excluding hydrogens is 350 g/mol. The van der Waals surface area contributed by atoms with Crippen LogP contribution in [0.5, 0.6) is 0 Å². The quantitative estimate of drug-likeness (QED) is 0.502. The van der Waals surface area contributed by atoms with E-state index in [-0.39, 0.29) is 24.5 Å². The molecule has 2 aromatic heterocycles. The lowest BCUT2D eigenvalue weighted by molar-refractivity contribution is -0.148. The summed E-state index contributed by atoms with van der Waals surface area (Å²) in [5, 5.41) is 10.4. The summed E-state index contributed by atoms with van der Waals surface area (Å²) in [6, 6.07) is 0. The lowest BCUT2D eigenvalue weighted by Gasteiger charge is -2.16. The second-order valence-electron chi connectivity index (χ2n) is 6.88. The summed E-state index contributed by atoms with van der Waals surface area (Å²) >= 11 is 0. The second-order valence-corrected chi connectivity index (χ2v) is 6.88. The first-order chi connectivity index (χ1) is 13.1. The summed E-state index contributed by atoms with van der Waals surface area (Å²) in [5.41, 5.74) is 6.75. The average Bonchev–Trinajstić information content (AvgIpc) is 3.24. The maximum atomic E-state index is 11.9. The highest BCUT2D eigenvalue weighted by molar-refractivity contribution is 5.81. The minimum absolute atomic E-state index is 0.130. The molecule has 148 valence electrons. The van der Waals surface area contributed by atoms with Crippen molar-refractivity contribution in [1.29, 1.82) is 0 Å². The fraction of sp³-hybridized carbons (Fsp3) is 0.667. The Morgan fingerprint density at radius 1 is 1.33 bits per heavy atom. The number of imidazole rings is 1. The van der Waals surface area contributed by atoms with E-state index in [9.17, 15) is 9.90 Å². The van der Waals surface area contributed by atoms with E-state index in [1.807, 2.05) is 0 Å². The first kappa shape index (κ1) is 19.5. The Kier molecular flexibility index (Phi) is 6.57. The largest absolute Gasteiger partial charge is 0.463 e. The summed E-state index contributed by atoms with van der Waals surface area (Å²) in [6.45, 7) is 2.29. The van der Waals surface area contributed by atoms with E-state index >= 15 is 0 Å². The number of hydrogen-bond acceptors (Lipinski definition) is 8. The van der Waals surface area contributed by atoms with Gasteiger partial charge >= 0.3 is 5.97 Å². The maximum absolute atomic E-state index is 11.9. The fourth-order valence-corrected chi connectivity index (χ4v) is 3.27. The lowest BCUT2D eigenvalue weighted by Crippen LogP contribution is -2.20. The monoisotopic (exact) mass is 377 g/mol. The van der Waals surface area contributed by atoms with E-state index < -0.39 is 12.3 Å². The van der Waals surface area contributed by atoms with Gasteiger partial charge in [0.2, 0.25) is 0 Å². The van der Waals surface area contributed by atoms with Gasteiger partial charge in [0.05, 0.1) is 12.4 Å². The van der Waals surface area contributed by atoms with E-state index in [1.165, 1.54) is 25.5 Å². The molecule has 1 aliphatic heterocycles. The summed E-state index contributed by atoms with van der Waals surface area (Å²) < 4.78 is 12.8. The van der Waals surface area contributed by atoms with Crippen LogP contribution in [0.3, 0.4) is 0 Å². The van der Waals surface area contributed by atoms with Crippen LogP contribution in [-0.4, -0.2) is 49.4 Å². The first-order valence-corrected chi connectivity index (χ1v) is 9.52. The van der Waals surface area contributed by atoms with Crippen LogP contribution in [-0.2, 0) is 14.3 Å². The van der Waals surface area contributed by atoms with Crippen molar-refractivity contribution in [3.05, 3.63) is 12.7 Å².